The molecule has 26 heavy (non-hydrogen) atoms. The molecule has 0 radical (unpaired) electrons. The van der Waals surface area contributed by atoms with E-state index in [1.165, 1.54) is 30.7 Å². The third-order valence-corrected chi connectivity index (χ3v) is 4.65. The van der Waals surface area contributed by atoms with E-state index in [-0.39, 0.29) is 12.6 Å². The monoisotopic (exact) mass is 361 g/mol. The minimum Gasteiger partial charge on any atom is -0.366 e. The summed E-state index contributed by atoms with van der Waals surface area (Å²) in [6.45, 7) is 0.630. The quantitative estimate of drug-likeness (QED) is 0.689. The van der Waals surface area contributed by atoms with Crippen molar-refractivity contribution in [3.05, 3.63) is 29.8 Å². The summed E-state index contributed by atoms with van der Waals surface area (Å²) in [5, 5.41) is 5.03. The topological polar surface area (TPSA) is 120 Å². The third kappa shape index (κ3) is 4.39. The molecule has 4 N–H and O–H groups in total. The molecule has 0 bridgehead atoms. The number of primary amides is 1. The van der Waals surface area contributed by atoms with E-state index in [1.54, 1.807) is 0 Å². The number of anilines is 1. The summed E-state index contributed by atoms with van der Waals surface area (Å²) < 4.78 is 11.8. The van der Waals surface area contributed by atoms with Gasteiger partial charge in [-0.15, -0.1) is 0 Å². The number of nitrogens with one attached hydrogen (secondary N) is 2. The van der Waals surface area contributed by atoms with Gasteiger partial charge in [-0.2, -0.15) is 0 Å². The van der Waals surface area contributed by atoms with Gasteiger partial charge < -0.3 is 25.8 Å². The molecule has 1 atom stereocenters. The van der Waals surface area contributed by atoms with Gasteiger partial charge in [0.25, 0.3) is 0 Å². The maximum atomic E-state index is 12.0. The van der Waals surface area contributed by atoms with Gasteiger partial charge in [-0.05, 0) is 37.1 Å². The van der Waals surface area contributed by atoms with Crippen LogP contribution in [0.2, 0.25) is 0 Å². The molecule has 1 saturated heterocycles. The largest absolute Gasteiger partial charge is 0.366 e. The van der Waals surface area contributed by atoms with Crippen LogP contribution >= 0.6 is 0 Å². The van der Waals surface area contributed by atoms with E-state index in [9.17, 15) is 14.4 Å². The number of amides is 3. The summed E-state index contributed by atoms with van der Waals surface area (Å²) in [4.78, 5) is 34.9. The Labute approximate surface area is 151 Å². The molecular weight excluding hydrogens is 338 g/mol. The van der Waals surface area contributed by atoms with Crippen molar-refractivity contribution in [1.29, 1.82) is 0 Å². The molecule has 1 aromatic carbocycles. The van der Waals surface area contributed by atoms with Gasteiger partial charge in [0.15, 0.2) is 5.79 Å². The maximum absolute atomic E-state index is 12.0. The van der Waals surface area contributed by atoms with Crippen LogP contribution in [0.25, 0.3) is 0 Å². The fourth-order valence-electron chi connectivity index (χ4n) is 3.26. The molecule has 3 amide bonds. The standard InChI is InChI=1S/C18H23N3O5/c19-15(22)12-4-6-13(7-5-12)21-17(24)16(23)20-10-14-11-25-18(26-14)8-2-1-3-9-18/h4-7,14H,1-3,8-11H2,(H2,19,22)(H,20,23)(H,21,24). The van der Waals surface area contributed by atoms with Crippen LogP contribution in [0.3, 0.4) is 0 Å². The smallest absolute Gasteiger partial charge is 0.313 e. The zero-order valence-electron chi connectivity index (χ0n) is 14.5. The highest BCUT2D eigenvalue weighted by molar-refractivity contribution is 6.39. The van der Waals surface area contributed by atoms with Crippen LogP contribution in [0.5, 0.6) is 0 Å². The van der Waals surface area contributed by atoms with Crippen molar-refractivity contribution in [3.63, 3.8) is 0 Å². The Balaban J connectivity index is 1.44. The normalized spacial score (nSPS) is 21.3. The van der Waals surface area contributed by atoms with Crippen molar-refractivity contribution in [2.45, 2.75) is 44.0 Å². The predicted octanol–water partition coefficient (Wildman–Crippen LogP) is 0.916. The molecule has 3 rings (SSSR count). The highest BCUT2D eigenvalue weighted by Gasteiger charge is 2.42. The van der Waals surface area contributed by atoms with E-state index < -0.39 is 23.5 Å². The first-order valence-corrected chi connectivity index (χ1v) is 8.78. The first-order valence-electron chi connectivity index (χ1n) is 8.78. The average molecular weight is 361 g/mol. The maximum Gasteiger partial charge on any atom is 0.313 e. The van der Waals surface area contributed by atoms with Crippen LogP contribution in [0.1, 0.15) is 42.5 Å². The number of carbonyl (C=O) groups excluding carboxylic acids is 3. The molecule has 8 heteroatoms. The summed E-state index contributed by atoms with van der Waals surface area (Å²) in [6.07, 6.45) is 4.85. The molecular formula is C18H23N3O5. The Hall–Kier alpha value is -2.45. The molecule has 1 aromatic rings. The van der Waals surface area contributed by atoms with Crippen molar-refractivity contribution < 1.29 is 23.9 Å². The van der Waals surface area contributed by atoms with E-state index in [4.69, 9.17) is 15.2 Å². The predicted molar refractivity (Wildman–Crippen MR) is 93.2 cm³/mol. The highest BCUT2D eigenvalue weighted by atomic mass is 16.7. The van der Waals surface area contributed by atoms with E-state index in [0.29, 0.717) is 17.9 Å². The number of benzene rings is 1. The Morgan fingerprint density at radius 2 is 1.77 bits per heavy atom. The Morgan fingerprint density at radius 3 is 2.42 bits per heavy atom. The van der Waals surface area contributed by atoms with Crippen molar-refractivity contribution in [2.75, 3.05) is 18.5 Å². The summed E-state index contributed by atoms with van der Waals surface area (Å²) in [5.41, 5.74) is 5.87. The van der Waals surface area contributed by atoms with E-state index in [2.05, 4.69) is 10.6 Å². The van der Waals surface area contributed by atoms with E-state index >= 15 is 0 Å². The molecule has 1 heterocycles. The molecule has 1 aliphatic heterocycles. The Kier molecular flexibility index (Phi) is 5.53. The first kappa shape index (κ1) is 18.3. The Bertz CT molecular complexity index is 683. The van der Waals surface area contributed by atoms with Crippen molar-refractivity contribution in [1.82, 2.24) is 5.32 Å². The number of hydrogen-bond acceptors (Lipinski definition) is 5. The van der Waals surface area contributed by atoms with Crippen LogP contribution in [0.15, 0.2) is 24.3 Å². The SMILES string of the molecule is NC(=O)c1ccc(NC(=O)C(=O)NCC2COC3(CCCCC3)O2)cc1. The highest BCUT2D eigenvalue weighted by Crippen LogP contribution is 2.37. The molecule has 2 fully saturated rings. The number of rotatable bonds is 4. The lowest BCUT2D eigenvalue weighted by atomic mass is 9.94. The second kappa shape index (κ2) is 7.84. The second-order valence-corrected chi connectivity index (χ2v) is 6.63. The van der Waals surface area contributed by atoms with Crippen LogP contribution in [0.4, 0.5) is 5.69 Å². The lowest BCUT2D eigenvalue weighted by molar-refractivity contribution is -0.186. The van der Waals surface area contributed by atoms with Gasteiger partial charge in [-0.25, -0.2) is 0 Å². The van der Waals surface area contributed by atoms with E-state index in [0.717, 1.165) is 25.7 Å². The molecule has 0 aromatic heterocycles. The second-order valence-electron chi connectivity index (χ2n) is 6.63. The summed E-state index contributed by atoms with van der Waals surface area (Å²) >= 11 is 0. The van der Waals surface area contributed by atoms with Gasteiger partial charge in [0, 0.05) is 30.6 Å². The zero-order chi connectivity index (χ0) is 18.6. The van der Waals surface area contributed by atoms with E-state index in [1.807, 2.05) is 0 Å². The average Bonchev–Trinajstić information content (AvgIpc) is 3.03. The van der Waals surface area contributed by atoms with Gasteiger partial charge >= 0.3 is 11.8 Å². The van der Waals surface area contributed by atoms with Crippen LogP contribution < -0.4 is 16.4 Å². The van der Waals surface area contributed by atoms with Gasteiger partial charge in [0.1, 0.15) is 6.10 Å². The third-order valence-electron chi connectivity index (χ3n) is 4.65. The van der Waals surface area contributed by atoms with Gasteiger partial charge in [-0.3, -0.25) is 14.4 Å². The fraction of sp³-hybridized carbons (Fsp3) is 0.500. The minimum absolute atomic E-state index is 0.217. The molecule has 1 unspecified atom stereocenters. The number of carbonyl (C=O) groups is 3. The van der Waals surface area contributed by atoms with Gasteiger partial charge in [0.2, 0.25) is 5.91 Å². The number of nitrogens with two attached hydrogens (primary N) is 1. The van der Waals surface area contributed by atoms with Crippen LogP contribution in [0, 0.1) is 0 Å². The van der Waals surface area contributed by atoms with Gasteiger partial charge in [-0.1, -0.05) is 6.42 Å². The van der Waals surface area contributed by atoms with Crippen molar-refractivity contribution >= 4 is 23.4 Å². The lowest BCUT2D eigenvalue weighted by Gasteiger charge is -2.31. The van der Waals surface area contributed by atoms with Gasteiger partial charge in [0.05, 0.1) is 6.61 Å². The molecule has 2 aliphatic rings. The number of ether oxygens (including phenoxy) is 2. The van der Waals surface area contributed by atoms with Crippen LogP contribution in [-0.2, 0) is 19.1 Å². The Morgan fingerprint density at radius 1 is 1.08 bits per heavy atom. The van der Waals surface area contributed by atoms with Crippen molar-refractivity contribution in [2.24, 2.45) is 5.73 Å². The summed E-state index contributed by atoms with van der Waals surface area (Å²) in [6, 6.07) is 5.96. The number of hydrogen-bond donors (Lipinski definition) is 3. The van der Waals surface area contributed by atoms with Crippen LogP contribution in [-0.4, -0.2) is 42.8 Å². The molecule has 8 nitrogen and oxygen atoms in total. The fourth-order valence-corrected chi connectivity index (χ4v) is 3.26. The van der Waals surface area contributed by atoms with Crippen molar-refractivity contribution in [3.8, 4) is 0 Å². The summed E-state index contributed by atoms with van der Waals surface area (Å²) in [5.74, 6) is -2.60. The molecule has 140 valence electrons. The molecule has 1 saturated carbocycles. The molecule has 1 spiro atoms. The lowest BCUT2D eigenvalue weighted by Crippen LogP contribution is -2.41. The minimum atomic E-state index is -0.789. The summed E-state index contributed by atoms with van der Waals surface area (Å²) in [7, 11) is 0. The first-order chi connectivity index (χ1) is 12.5. The zero-order valence-corrected chi connectivity index (χ0v) is 14.5. The molecule has 1 aliphatic carbocycles.